The van der Waals surface area contributed by atoms with Gasteiger partial charge in [0.2, 0.25) is 11.7 Å². The van der Waals surface area contributed by atoms with Crippen LogP contribution in [0.15, 0.2) is 36.5 Å². The van der Waals surface area contributed by atoms with E-state index in [0.717, 1.165) is 10.9 Å². The number of anilines is 1. The number of nitrogens with zero attached hydrogens (tertiary/aromatic N) is 3. The number of aromatic hydroxyl groups is 1. The number of phenols is 1. The predicted octanol–water partition coefficient (Wildman–Crippen LogP) is 3.24. The maximum absolute atomic E-state index is 11.1. The van der Waals surface area contributed by atoms with E-state index < -0.39 is 5.60 Å². The summed E-state index contributed by atoms with van der Waals surface area (Å²) in [5.41, 5.74) is 0.518. The molecule has 1 aliphatic rings. The van der Waals surface area contributed by atoms with Crippen LogP contribution in [-0.2, 0) is 5.60 Å². The molecule has 0 spiro atoms. The molecule has 0 aliphatic carbocycles. The number of fused-ring (bicyclic) bond motifs is 1. The number of benzene rings is 2. The monoisotopic (exact) mass is 425 g/mol. The minimum absolute atomic E-state index is 0.186. The van der Waals surface area contributed by atoms with Crippen LogP contribution in [0.2, 0.25) is 0 Å². The zero-order chi connectivity index (χ0) is 22.0. The molecule has 0 amide bonds. The topological polar surface area (TPSA) is 97.2 Å². The van der Waals surface area contributed by atoms with Crippen molar-refractivity contribution in [2.75, 3.05) is 38.8 Å². The number of piperidine rings is 1. The highest BCUT2D eigenvalue weighted by Gasteiger charge is 2.35. The lowest BCUT2D eigenvalue weighted by Crippen LogP contribution is -2.43. The van der Waals surface area contributed by atoms with E-state index in [1.165, 1.54) is 0 Å². The zero-order valence-electron chi connectivity index (χ0n) is 18.0. The Labute approximate surface area is 181 Å². The van der Waals surface area contributed by atoms with Gasteiger partial charge in [0.1, 0.15) is 11.3 Å². The summed E-state index contributed by atoms with van der Waals surface area (Å²) in [7, 11) is 3.17. The van der Waals surface area contributed by atoms with Crippen LogP contribution in [0, 0.1) is 0 Å². The molecule has 31 heavy (non-hydrogen) atoms. The lowest BCUT2D eigenvalue weighted by atomic mass is 9.84. The second-order valence-electron chi connectivity index (χ2n) is 7.55. The summed E-state index contributed by atoms with van der Waals surface area (Å²) >= 11 is 0. The molecule has 2 N–H and O–H groups in total. The smallest absolute Gasteiger partial charge is 0.226 e. The Morgan fingerprint density at radius 3 is 2.39 bits per heavy atom. The summed E-state index contributed by atoms with van der Waals surface area (Å²) in [4.78, 5) is 11.4. The molecule has 1 aromatic heterocycles. The van der Waals surface area contributed by atoms with E-state index in [1.54, 1.807) is 44.7 Å². The number of aromatic nitrogens is 2. The summed E-state index contributed by atoms with van der Waals surface area (Å²) in [6.45, 7) is 3.56. The first-order valence-corrected chi connectivity index (χ1v) is 10.3. The highest BCUT2D eigenvalue weighted by molar-refractivity contribution is 5.90. The quantitative estimate of drug-likeness (QED) is 0.621. The number of hydrogen-bond donors (Lipinski definition) is 2. The van der Waals surface area contributed by atoms with Crippen LogP contribution in [0.5, 0.6) is 23.0 Å². The van der Waals surface area contributed by atoms with E-state index in [4.69, 9.17) is 19.2 Å². The van der Waals surface area contributed by atoms with Gasteiger partial charge in [-0.25, -0.2) is 9.97 Å². The van der Waals surface area contributed by atoms with Crippen molar-refractivity contribution in [1.82, 2.24) is 9.97 Å². The molecule has 164 valence electrons. The molecule has 0 unspecified atom stereocenters. The van der Waals surface area contributed by atoms with Crippen molar-refractivity contribution in [2.45, 2.75) is 25.4 Å². The zero-order valence-corrected chi connectivity index (χ0v) is 18.0. The lowest BCUT2D eigenvalue weighted by Gasteiger charge is -2.38. The molecule has 8 nitrogen and oxygen atoms in total. The van der Waals surface area contributed by atoms with Gasteiger partial charge in [-0.3, -0.25) is 0 Å². The van der Waals surface area contributed by atoms with Crippen molar-refractivity contribution in [3.8, 4) is 23.0 Å². The Hall–Kier alpha value is -3.26. The Bertz CT molecular complexity index is 1060. The second-order valence-corrected chi connectivity index (χ2v) is 7.55. The Morgan fingerprint density at radius 1 is 1.06 bits per heavy atom. The molecular weight excluding hydrogens is 398 g/mol. The Morgan fingerprint density at radius 2 is 1.77 bits per heavy atom. The Balaban J connectivity index is 1.62. The molecule has 8 heteroatoms. The fraction of sp³-hybridized carbons (Fsp3) is 0.391. The van der Waals surface area contributed by atoms with Gasteiger partial charge in [-0.15, -0.1) is 0 Å². The number of hydrogen-bond acceptors (Lipinski definition) is 8. The molecular formula is C23H27N3O5. The van der Waals surface area contributed by atoms with Gasteiger partial charge in [0.25, 0.3) is 0 Å². The van der Waals surface area contributed by atoms with E-state index in [1.807, 2.05) is 13.0 Å². The first-order chi connectivity index (χ1) is 15.0. The second kappa shape index (κ2) is 8.47. The third-order valence-electron chi connectivity index (χ3n) is 5.73. The molecule has 0 saturated carbocycles. The summed E-state index contributed by atoms with van der Waals surface area (Å²) in [5, 5.41) is 21.4. The SMILES string of the molecule is CCOc1c(OC)cc2cnc(N3CCC(O)(c4ccc(O)cc4)CC3)nc2c1OC. The largest absolute Gasteiger partial charge is 0.508 e. The van der Waals surface area contributed by atoms with Gasteiger partial charge in [-0.2, -0.15) is 0 Å². The summed E-state index contributed by atoms with van der Waals surface area (Å²) in [6.07, 6.45) is 2.81. The molecule has 2 heterocycles. The van der Waals surface area contributed by atoms with Crippen LogP contribution in [0.3, 0.4) is 0 Å². The van der Waals surface area contributed by atoms with Crippen molar-refractivity contribution in [3.05, 3.63) is 42.1 Å². The molecule has 1 fully saturated rings. The van der Waals surface area contributed by atoms with Crippen LogP contribution >= 0.6 is 0 Å². The number of ether oxygens (including phenoxy) is 3. The Kier molecular flexibility index (Phi) is 5.73. The maximum atomic E-state index is 11.1. The third kappa shape index (κ3) is 3.90. The normalized spacial score (nSPS) is 15.7. The minimum atomic E-state index is -0.936. The molecule has 0 atom stereocenters. The highest BCUT2D eigenvalue weighted by atomic mass is 16.5. The van der Waals surface area contributed by atoms with Gasteiger partial charge in [0, 0.05) is 24.7 Å². The molecule has 0 radical (unpaired) electrons. The molecule has 4 rings (SSSR count). The lowest BCUT2D eigenvalue weighted by molar-refractivity contribution is 0.0115. The van der Waals surface area contributed by atoms with Crippen LogP contribution in [0.4, 0.5) is 5.95 Å². The number of aliphatic hydroxyl groups is 1. The van der Waals surface area contributed by atoms with Gasteiger partial charge >= 0.3 is 0 Å². The number of methoxy groups -OCH3 is 2. The van der Waals surface area contributed by atoms with Crippen molar-refractivity contribution in [2.24, 2.45) is 0 Å². The average Bonchev–Trinajstić information content (AvgIpc) is 2.79. The third-order valence-corrected chi connectivity index (χ3v) is 5.73. The molecule has 1 aliphatic heterocycles. The number of rotatable bonds is 6. The first kappa shape index (κ1) is 21.0. The molecule has 0 bridgehead atoms. The van der Waals surface area contributed by atoms with Gasteiger partial charge in [0.05, 0.1) is 26.4 Å². The van der Waals surface area contributed by atoms with Crippen LogP contribution < -0.4 is 19.1 Å². The van der Waals surface area contributed by atoms with Crippen LogP contribution in [0.1, 0.15) is 25.3 Å². The standard InChI is InChI=1S/C23H27N3O5/c1-4-31-20-18(29-2)13-15-14-24-22(25-19(15)21(20)30-3)26-11-9-23(28,10-12-26)16-5-7-17(27)8-6-16/h5-8,13-14,27-28H,4,9-12H2,1-3H3. The average molecular weight is 425 g/mol. The van der Waals surface area contributed by atoms with Crippen LogP contribution in [0.25, 0.3) is 10.9 Å². The summed E-state index contributed by atoms with van der Waals surface area (Å²) in [5.74, 6) is 2.36. The summed E-state index contributed by atoms with van der Waals surface area (Å²) in [6, 6.07) is 8.58. The van der Waals surface area contributed by atoms with Crippen LogP contribution in [-0.4, -0.2) is 54.1 Å². The van der Waals surface area contributed by atoms with Gasteiger partial charge in [0.15, 0.2) is 11.5 Å². The highest BCUT2D eigenvalue weighted by Crippen LogP contribution is 2.43. The fourth-order valence-corrected chi connectivity index (χ4v) is 4.01. The van der Waals surface area contributed by atoms with E-state index in [-0.39, 0.29) is 5.75 Å². The minimum Gasteiger partial charge on any atom is -0.508 e. The maximum Gasteiger partial charge on any atom is 0.226 e. The van der Waals surface area contributed by atoms with Crippen molar-refractivity contribution >= 4 is 16.9 Å². The van der Waals surface area contributed by atoms with E-state index >= 15 is 0 Å². The first-order valence-electron chi connectivity index (χ1n) is 10.3. The van der Waals surface area contributed by atoms with Crippen molar-refractivity contribution in [1.29, 1.82) is 0 Å². The van der Waals surface area contributed by atoms with E-state index in [2.05, 4.69) is 9.88 Å². The van der Waals surface area contributed by atoms with Crippen molar-refractivity contribution in [3.63, 3.8) is 0 Å². The van der Waals surface area contributed by atoms with Gasteiger partial charge < -0.3 is 29.3 Å². The number of phenolic OH excluding ortho intramolecular Hbond substituents is 1. The predicted molar refractivity (Wildman–Crippen MR) is 117 cm³/mol. The molecule has 2 aromatic carbocycles. The fourth-order valence-electron chi connectivity index (χ4n) is 4.01. The van der Waals surface area contributed by atoms with Gasteiger partial charge in [-0.1, -0.05) is 12.1 Å². The van der Waals surface area contributed by atoms with Crippen molar-refractivity contribution < 1.29 is 24.4 Å². The van der Waals surface area contributed by atoms with Gasteiger partial charge in [-0.05, 0) is 43.5 Å². The van der Waals surface area contributed by atoms with E-state index in [9.17, 15) is 10.2 Å². The van der Waals surface area contributed by atoms with E-state index in [0.29, 0.717) is 61.3 Å². The molecule has 1 saturated heterocycles. The summed E-state index contributed by atoms with van der Waals surface area (Å²) < 4.78 is 16.8. The molecule has 3 aromatic rings.